The van der Waals surface area contributed by atoms with Crippen molar-refractivity contribution in [2.75, 3.05) is 10.5 Å². The molecule has 2 rings (SSSR count). The summed E-state index contributed by atoms with van der Waals surface area (Å²) in [6.45, 7) is 1.81. The molecule has 6 nitrogen and oxygen atoms in total. The van der Waals surface area contributed by atoms with Crippen LogP contribution in [-0.2, 0) is 10.0 Å². The van der Waals surface area contributed by atoms with E-state index in [9.17, 15) is 8.42 Å². The van der Waals surface area contributed by atoms with E-state index in [2.05, 4.69) is 30.7 Å². The number of fused-ring (bicyclic) bond motifs is 1. The maximum Gasteiger partial charge on any atom is 0.233 e. The molecule has 0 saturated carbocycles. The Bertz CT molecular complexity index is 637. The summed E-state index contributed by atoms with van der Waals surface area (Å²) in [6, 6.07) is 3.52. The number of sulfonamides is 1. The maximum atomic E-state index is 11.7. The third-order valence-corrected chi connectivity index (χ3v) is 4.18. The lowest BCUT2D eigenvalue weighted by molar-refractivity contribution is 0.599. The smallest absolute Gasteiger partial charge is 0.233 e. The van der Waals surface area contributed by atoms with E-state index in [1.54, 1.807) is 16.6 Å². The lowest BCUT2D eigenvalue weighted by Crippen LogP contribution is -2.17. The van der Waals surface area contributed by atoms with Gasteiger partial charge in [-0.1, -0.05) is 6.92 Å². The quantitative estimate of drug-likeness (QED) is 0.929. The second-order valence-electron chi connectivity index (χ2n) is 3.48. The largest absolute Gasteiger partial charge is 0.265 e. The summed E-state index contributed by atoms with van der Waals surface area (Å²) in [5.41, 5.74) is 0.610. The summed E-state index contributed by atoms with van der Waals surface area (Å²) >= 11 is 3.31. The van der Waals surface area contributed by atoms with Crippen LogP contribution in [-0.4, -0.2) is 28.8 Å². The highest BCUT2D eigenvalue weighted by molar-refractivity contribution is 9.10. The van der Waals surface area contributed by atoms with E-state index in [-0.39, 0.29) is 5.75 Å². The van der Waals surface area contributed by atoms with Gasteiger partial charge >= 0.3 is 0 Å². The van der Waals surface area contributed by atoms with Crippen LogP contribution in [0.15, 0.2) is 23.1 Å². The van der Waals surface area contributed by atoms with Crippen LogP contribution < -0.4 is 4.72 Å². The summed E-state index contributed by atoms with van der Waals surface area (Å²) in [5.74, 6) is 0.365. The van der Waals surface area contributed by atoms with Crippen molar-refractivity contribution >= 4 is 37.3 Å². The molecule has 0 aromatic carbocycles. The Morgan fingerprint density at radius 1 is 1.47 bits per heavy atom. The molecule has 0 saturated heterocycles. The van der Waals surface area contributed by atoms with Crippen LogP contribution in [0.2, 0.25) is 0 Å². The number of hydrogen-bond donors (Lipinski definition) is 1. The van der Waals surface area contributed by atoms with Gasteiger partial charge in [0.25, 0.3) is 0 Å². The SMILES string of the molecule is CCCS(=O)(=O)Nc1ncnn2c(Br)ccc12. The average molecular weight is 319 g/mol. The van der Waals surface area contributed by atoms with Crippen molar-refractivity contribution in [3.8, 4) is 0 Å². The fourth-order valence-corrected chi connectivity index (χ4v) is 2.95. The first-order valence-corrected chi connectivity index (χ1v) is 7.47. The van der Waals surface area contributed by atoms with E-state index >= 15 is 0 Å². The summed E-state index contributed by atoms with van der Waals surface area (Å²) in [7, 11) is -3.34. The molecule has 0 aliphatic rings. The number of anilines is 1. The number of hydrogen-bond acceptors (Lipinski definition) is 4. The highest BCUT2D eigenvalue weighted by Gasteiger charge is 2.13. The minimum Gasteiger partial charge on any atom is -0.265 e. The molecule has 0 unspecified atom stereocenters. The molecule has 2 aromatic heterocycles. The van der Waals surface area contributed by atoms with Gasteiger partial charge < -0.3 is 0 Å². The van der Waals surface area contributed by atoms with Crippen LogP contribution in [0, 0.1) is 0 Å². The molecule has 0 fully saturated rings. The fraction of sp³-hybridized carbons (Fsp3) is 0.333. The van der Waals surface area contributed by atoms with Crippen molar-refractivity contribution in [1.82, 2.24) is 14.6 Å². The number of rotatable bonds is 4. The molecule has 2 aromatic rings. The van der Waals surface area contributed by atoms with Gasteiger partial charge in [-0.15, -0.1) is 0 Å². The molecule has 0 radical (unpaired) electrons. The molecule has 8 heteroatoms. The second-order valence-corrected chi connectivity index (χ2v) is 6.14. The van der Waals surface area contributed by atoms with Crippen LogP contribution >= 0.6 is 15.9 Å². The van der Waals surface area contributed by atoms with E-state index in [0.717, 1.165) is 4.60 Å². The van der Waals surface area contributed by atoms with E-state index in [1.807, 2.05) is 6.92 Å². The molecule has 0 bridgehead atoms. The predicted molar refractivity (Wildman–Crippen MR) is 68.4 cm³/mol. The Hall–Kier alpha value is -1.15. The summed E-state index contributed by atoms with van der Waals surface area (Å²) in [4.78, 5) is 3.94. The van der Waals surface area contributed by atoms with Gasteiger partial charge in [0.15, 0.2) is 5.82 Å². The van der Waals surface area contributed by atoms with Gasteiger partial charge in [-0.2, -0.15) is 5.10 Å². The molecule has 0 aliphatic heterocycles. The van der Waals surface area contributed by atoms with Gasteiger partial charge in [0.2, 0.25) is 10.0 Å². The Morgan fingerprint density at radius 2 is 2.24 bits per heavy atom. The Kier molecular flexibility index (Phi) is 3.34. The minimum absolute atomic E-state index is 0.0744. The maximum absolute atomic E-state index is 11.7. The molecular weight excluding hydrogens is 308 g/mol. The van der Waals surface area contributed by atoms with E-state index in [1.165, 1.54) is 6.33 Å². The van der Waals surface area contributed by atoms with E-state index in [0.29, 0.717) is 17.8 Å². The van der Waals surface area contributed by atoms with Crippen molar-refractivity contribution in [3.63, 3.8) is 0 Å². The Morgan fingerprint density at radius 3 is 2.94 bits per heavy atom. The third kappa shape index (κ3) is 2.58. The fourth-order valence-electron chi connectivity index (χ4n) is 1.45. The number of aromatic nitrogens is 3. The summed E-state index contributed by atoms with van der Waals surface area (Å²) in [6.07, 6.45) is 1.86. The molecular formula is C9H11BrN4O2S. The predicted octanol–water partition coefficient (Wildman–Crippen LogP) is 1.64. The third-order valence-electron chi connectivity index (χ3n) is 2.13. The first-order chi connectivity index (χ1) is 8.03. The van der Waals surface area contributed by atoms with Crippen molar-refractivity contribution in [1.29, 1.82) is 0 Å². The standard InChI is InChI=1S/C9H11BrN4O2S/c1-2-5-17(15,16)13-9-7-3-4-8(10)14(7)12-6-11-9/h3-4,6H,2,5H2,1H3,(H,11,12,13). The van der Waals surface area contributed by atoms with Gasteiger partial charge in [-0.25, -0.2) is 17.9 Å². The number of nitrogens with zero attached hydrogens (tertiary/aromatic N) is 3. The highest BCUT2D eigenvalue weighted by Crippen LogP contribution is 2.20. The second kappa shape index (κ2) is 4.61. The minimum atomic E-state index is -3.34. The van der Waals surface area contributed by atoms with Crippen molar-refractivity contribution in [2.45, 2.75) is 13.3 Å². The molecule has 17 heavy (non-hydrogen) atoms. The Balaban J connectivity index is 2.43. The molecule has 1 N–H and O–H groups in total. The summed E-state index contributed by atoms with van der Waals surface area (Å²) < 4.78 is 28.1. The topological polar surface area (TPSA) is 76.4 Å². The van der Waals surface area contributed by atoms with Crippen molar-refractivity contribution in [2.24, 2.45) is 0 Å². The molecule has 92 valence electrons. The summed E-state index contributed by atoms with van der Waals surface area (Å²) in [5, 5.41) is 4.00. The Labute approximate surface area is 107 Å². The van der Waals surface area contributed by atoms with Gasteiger partial charge in [0.1, 0.15) is 16.4 Å². The van der Waals surface area contributed by atoms with Crippen LogP contribution in [0.3, 0.4) is 0 Å². The van der Waals surface area contributed by atoms with Crippen LogP contribution in [0.25, 0.3) is 5.52 Å². The van der Waals surface area contributed by atoms with Crippen LogP contribution in [0.1, 0.15) is 13.3 Å². The zero-order chi connectivity index (χ0) is 12.5. The first-order valence-electron chi connectivity index (χ1n) is 5.02. The molecule has 0 spiro atoms. The number of halogens is 1. The normalized spacial score (nSPS) is 11.9. The molecule has 0 aliphatic carbocycles. The monoisotopic (exact) mass is 318 g/mol. The molecule has 2 heterocycles. The zero-order valence-corrected chi connectivity index (χ0v) is 11.5. The van der Waals surface area contributed by atoms with Gasteiger partial charge in [-0.3, -0.25) is 4.72 Å². The lowest BCUT2D eigenvalue weighted by atomic mass is 10.5. The molecule has 0 amide bonds. The van der Waals surface area contributed by atoms with Crippen molar-refractivity contribution < 1.29 is 8.42 Å². The van der Waals surface area contributed by atoms with Gasteiger partial charge in [0.05, 0.1) is 5.75 Å². The van der Waals surface area contributed by atoms with E-state index in [4.69, 9.17) is 0 Å². The zero-order valence-electron chi connectivity index (χ0n) is 9.09. The molecule has 0 atom stereocenters. The van der Waals surface area contributed by atoms with Gasteiger partial charge in [0, 0.05) is 0 Å². The van der Waals surface area contributed by atoms with E-state index < -0.39 is 10.0 Å². The van der Waals surface area contributed by atoms with Crippen molar-refractivity contribution in [3.05, 3.63) is 23.1 Å². The first kappa shape index (κ1) is 12.3. The average Bonchev–Trinajstić information content (AvgIpc) is 2.61. The van der Waals surface area contributed by atoms with Gasteiger partial charge in [-0.05, 0) is 34.5 Å². The lowest BCUT2D eigenvalue weighted by Gasteiger charge is -2.07. The van der Waals surface area contributed by atoms with Crippen LogP contribution in [0.5, 0.6) is 0 Å². The highest BCUT2D eigenvalue weighted by atomic mass is 79.9. The number of nitrogens with one attached hydrogen (secondary N) is 1. The van der Waals surface area contributed by atoms with Crippen LogP contribution in [0.4, 0.5) is 5.82 Å².